The Morgan fingerprint density at radius 1 is 1.00 bits per heavy atom. The van der Waals surface area contributed by atoms with E-state index >= 15 is 0 Å². The molecule has 0 radical (unpaired) electrons. The van der Waals surface area contributed by atoms with E-state index < -0.39 is 11.7 Å². The van der Waals surface area contributed by atoms with Crippen LogP contribution in [0.4, 0.5) is 13.2 Å². The maximum Gasteiger partial charge on any atom is 0.416 e. The van der Waals surface area contributed by atoms with Crippen LogP contribution in [-0.2, 0) is 19.2 Å². The fourth-order valence-electron chi connectivity index (χ4n) is 2.61. The van der Waals surface area contributed by atoms with Crippen LogP contribution in [0.3, 0.4) is 0 Å². The highest BCUT2D eigenvalue weighted by Crippen LogP contribution is 2.29. The predicted molar refractivity (Wildman–Crippen MR) is 103 cm³/mol. The quantitative estimate of drug-likeness (QED) is 0.550. The second kappa shape index (κ2) is 9.43. The van der Waals surface area contributed by atoms with Crippen molar-refractivity contribution in [1.82, 2.24) is 4.98 Å². The molecule has 0 aliphatic rings. The summed E-state index contributed by atoms with van der Waals surface area (Å²) in [6, 6.07) is 12.5. The summed E-state index contributed by atoms with van der Waals surface area (Å²) in [4.78, 5) is 4.27. The van der Waals surface area contributed by atoms with Gasteiger partial charge in [0, 0.05) is 12.7 Å². The van der Waals surface area contributed by atoms with Gasteiger partial charge in [-0.15, -0.1) is 0 Å². The number of halogens is 3. The molecule has 0 bridgehead atoms. The summed E-state index contributed by atoms with van der Waals surface area (Å²) >= 11 is 0. The van der Waals surface area contributed by atoms with E-state index in [1.54, 1.807) is 12.2 Å². The molecule has 0 unspecified atom stereocenters. The number of hydrogen-bond donors (Lipinski definition) is 1. The van der Waals surface area contributed by atoms with Crippen LogP contribution >= 0.6 is 0 Å². The van der Waals surface area contributed by atoms with Crippen LogP contribution in [0, 0.1) is 0 Å². The standard InChI is InChI=1S/C22H20F3NO3/c23-22(24,25)18-8-3-17(4-9-18)7-12-21-26-19(15-29-21)14-28-20-10-5-16(6-11-20)2-1-13-27/h3-12,15,27H,1-2,13-14H2/b12-7+. The average Bonchev–Trinajstić information content (AvgIpc) is 3.17. The number of aromatic nitrogens is 1. The molecule has 152 valence electrons. The molecule has 3 aromatic rings. The Kier molecular flexibility index (Phi) is 6.72. The summed E-state index contributed by atoms with van der Waals surface area (Å²) in [6.07, 6.45) is 1.88. The van der Waals surface area contributed by atoms with E-state index in [1.165, 1.54) is 18.4 Å². The van der Waals surface area contributed by atoms with Crippen LogP contribution in [-0.4, -0.2) is 16.7 Å². The number of aryl methyl sites for hydroxylation is 1. The fourth-order valence-corrected chi connectivity index (χ4v) is 2.61. The molecule has 0 aliphatic heterocycles. The number of hydrogen-bond acceptors (Lipinski definition) is 4. The van der Waals surface area contributed by atoms with E-state index in [2.05, 4.69) is 4.98 Å². The Morgan fingerprint density at radius 2 is 1.72 bits per heavy atom. The van der Waals surface area contributed by atoms with E-state index in [4.69, 9.17) is 14.3 Å². The first-order valence-electron chi connectivity index (χ1n) is 9.06. The van der Waals surface area contributed by atoms with Crippen molar-refractivity contribution in [3.05, 3.63) is 83.1 Å². The first-order chi connectivity index (χ1) is 13.9. The van der Waals surface area contributed by atoms with Crippen LogP contribution < -0.4 is 4.74 Å². The van der Waals surface area contributed by atoms with Crippen molar-refractivity contribution in [2.45, 2.75) is 25.6 Å². The first kappa shape index (κ1) is 20.7. The van der Waals surface area contributed by atoms with Crippen LogP contribution in [0.25, 0.3) is 12.2 Å². The Hall–Kier alpha value is -3.06. The SMILES string of the molecule is OCCCc1ccc(OCc2coc(/C=C/c3ccc(C(F)(F)F)cc3)n2)cc1. The summed E-state index contributed by atoms with van der Waals surface area (Å²) in [7, 11) is 0. The first-order valence-corrected chi connectivity index (χ1v) is 9.06. The zero-order chi connectivity index (χ0) is 20.7. The molecule has 1 N–H and O–H groups in total. The molecule has 0 atom stereocenters. The molecule has 0 amide bonds. The average molecular weight is 403 g/mol. The van der Waals surface area contributed by atoms with Gasteiger partial charge in [0.15, 0.2) is 0 Å². The van der Waals surface area contributed by atoms with Crippen molar-refractivity contribution in [2.24, 2.45) is 0 Å². The minimum absolute atomic E-state index is 0.167. The number of ether oxygens (including phenoxy) is 1. The lowest BCUT2D eigenvalue weighted by atomic mass is 10.1. The second-order valence-electron chi connectivity index (χ2n) is 6.39. The van der Waals surface area contributed by atoms with Gasteiger partial charge in [-0.2, -0.15) is 13.2 Å². The predicted octanol–water partition coefficient (Wildman–Crippen LogP) is 5.37. The van der Waals surface area contributed by atoms with Gasteiger partial charge in [0.2, 0.25) is 5.89 Å². The van der Waals surface area contributed by atoms with Crippen molar-refractivity contribution >= 4 is 12.2 Å². The van der Waals surface area contributed by atoms with Gasteiger partial charge in [-0.3, -0.25) is 0 Å². The summed E-state index contributed by atoms with van der Waals surface area (Å²) in [5.41, 5.74) is 1.65. The largest absolute Gasteiger partial charge is 0.487 e. The van der Waals surface area contributed by atoms with Crippen LogP contribution in [0.15, 0.2) is 59.2 Å². The third-order valence-corrected chi connectivity index (χ3v) is 4.16. The van der Waals surface area contributed by atoms with Gasteiger partial charge in [0.25, 0.3) is 0 Å². The number of rotatable bonds is 8. The Labute approximate surface area is 166 Å². The molecule has 0 saturated heterocycles. The smallest absolute Gasteiger partial charge is 0.416 e. The minimum atomic E-state index is -4.35. The van der Waals surface area contributed by atoms with E-state index in [9.17, 15) is 13.2 Å². The molecular formula is C22H20F3NO3. The van der Waals surface area contributed by atoms with Crippen LogP contribution in [0.1, 0.15) is 34.7 Å². The Morgan fingerprint density at radius 3 is 2.38 bits per heavy atom. The number of oxazole rings is 1. The summed E-state index contributed by atoms with van der Waals surface area (Å²) in [5.74, 6) is 1.03. The lowest BCUT2D eigenvalue weighted by Crippen LogP contribution is -2.03. The number of aliphatic hydroxyl groups is 1. The molecule has 7 heteroatoms. The van der Waals surface area contributed by atoms with Crippen molar-refractivity contribution in [3.8, 4) is 5.75 Å². The minimum Gasteiger partial charge on any atom is -0.487 e. The molecule has 29 heavy (non-hydrogen) atoms. The third kappa shape index (κ3) is 6.22. The fraction of sp³-hybridized carbons (Fsp3) is 0.227. The van der Waals surface area contributed by atoms with Gasteiger partial charge in [0.05, 0.1) is 5.56 Å². The van der Waals surface area contributed by atoms with E-state index in [0.717, 1.165) is 30.5 Å². The molecule has 1 aromatic heterocycles. The number of alkyl halides is 3. The molecule has 2 aromatic carbocycles. The number of aliphatic hydroxyl groups excluding tert-OH is 1. The van der Waals surface area contributed by atoms with Gasteiger partial charge in [-0.1, -0.05) is 24.3 Å². The highest BCUT2D eigenvalue weighted by atomic mass is 19.4. The summed E-state index contributed by atoms with van der Waals surface area (Å²) < 4.78 is 48.7. The molecule has 3 rings (SSSR count). The monoisotopic (exact) mass is 403 g/mol. The Bertz CT molecular complexity index is 929. The molecule has 1 heterocycles. The van der Waals surface area contributed by atoms with E-state index in [0.29, 0.717) is 22.9 Å². The lowest BCUT2D eigenvalue weighted by molar-refractivity contribution is -0.137. The second-order valence-corrected chi connectivity index (χ2v) is 6.39. The van der Waals surface area contributed by atoms with Crippen molar-refractivity contribution in [2.75, 3.05) is 6.61 Å². The summed E-state index contributed by atoms with van der Waals surface area (Å²) in [5, 5.41) is 8.85. The van der Waals surface area contributed by atoms with Crippen molar-refractivity contribution in [1.29, 1.82) is 0 Å². The van der Waals surface area contributed by atoms with E-state index in [-0.39, 0.29) is 13.2 Å². The van der Waals surface area contributed by atoms with Crippen molar-refractivity contribution in [3.63, 3.8) is 0 Å². The van der Waals surface area contributed by atoms with Crippen LogP contribution in [0.2, 0.25) is 0 Å². The normalized spacial score (nSPS) is 11.9. The molecule has 0 saturated carbocycles. The zero-order valence-electron chi connectivity index (χ0n) is 15.5. The Balaban J connectivity index is 1.53. The van der Waals surface area contributed by atoms with Gasteiger partial charge >= 0.3 is 6.18 Å². The number of nitrogens with zero attached hydrogens (tertiary/aromatic N) is 1. The zero-order valence-corrected chi connectivity index (χ0v) is 15.5. The maximum atomic E-state index is 12.6. The maximum absolute atomic E-state index is 12.6. The van der Waals surface area contributed by atoms with E-state index in [1.807, 2.05) is 24.3 Å². The highest BCUT2D eigenvalue weighted by Gasteiger charge is 2.29. The topological polar surface area (TPSA) is 55.5 Å². The molecule has 0 aliphatic carbocycles. The molecule has 0 fully saturated rings. The van der Waals surface area contributed by atoms with Crippen LogP contribution in [0.5, 0.6) is 5.75 Å². The van der Waals surface area contributed by atoms with Gasteiger partial charge in [-0.25, -0.2) is 4.98 Å². The third-order valence-electron chi connectivity index (χ3n) is 4.16. The molecular weight excluding hydrogens is 383 g/mol. The molecule has 0 spiro atoms. The molecule has 4 nitrogen and oxygen atoms in total. The van der Waals surface area contributed by atoms with Gasteiger partial charge in [0.1, 0.15) is 24.3 Å². The van der Waals surface area contributed by atoms with Gasteiger partial charge in [-0.05, 0) is 54.3 Å². The summed E-state index contributed by atoms with van der Waals surface area (Å²) in [6.45, 7) is 0.396. The van der Waals surface area contributed by atoms with Crippen molar-refractivity contribution < 1.29 is 27.4 Å². The highest BCUT2D eigenvalue weighted by molar-refractivity contribution is 5.66. The lowest BCUT2D eigenvalue weighted by Gasteiger charge is -2.05. The van der Waals surface area contributed by atoms with Gasteiger partial charge < -0.3 is 14.3 Å². The number of benzene rings is 2.